The Balaban J connectivity index is 1.73. The van der Waals surface area contributed by atoms with Crippen LogP contribution in [-0.2, 0) is 10.2 Å². The lowest BCUT2D eigenvalue weighted by molar-refractivity contribution is 0.0455. The van der Waals surface area contributed by atoms with Crippen LogP contribution >= 0.6 is 11.8 Å². The minimum Gasteiger partial charge on any atom is -0.379 e. The van der Waals surface area contributed by atoms with Crippen molar-refractivity contribution in [3.63, 3.8) is 0 Å². The van der Waals surface area contributed by atoms with Crippen molar-refractivity contribution in [3.8, 4) is 0 Å². The highest BCUT2D eigenvalue weighted by Crippen LogP contribution is 2.41. The quantitative estimate of drug-likeness (QED) is 0.907. The molecule has 18 heavy (non-hydrogen) atoms. The van der Waals surface area contributed by atoms with Crippen LogP contribution in [0.5, 0.6) is 0 Å². The summed E-state index contributed by atoms with van der Waals surface area (Å²) in [4.78, 5) is 1.36. The Morgan fingerprint density at radius 2 is 1.83 bits per heavy atom. The molecule has 2 nitrogen and oxygen atoms in total. The second kappa shape index (κ2) is 5.24. The van der Waals surface area contributed by atoms with E-state index in [4.69, 9.17) is 10.5 Å². The highest BCUT2D eigenvalue weighted by molar-refractivity contribution is 8.00. The van der Waals surface area contributed by atoms with Gasteiger partial charge in [0, 0.05) is 16.9 Å². The number of nitrogens with two attached hydrogens (primary N) is 1. The van der Waals surface area contributed by atoms with E-state index in [2.05, 4.69) is 24.3 Å². The third kappa shape index (κ3) is 2.31. The first kappa shape index (κ1) is 12.5. The summed E-state index contributed by atoms with van der Waals surface area (Å²) in [6.07, 6.45) is 5.17. The fourth-order valence-corrected chi connectivity index (χ4v) is 4.03. The van der Waals surface area contributed by atoms with Crippen LogP contribution < -0.4 is 5.73 Å². The molecular weight excluding hydrogens is 242 g/mol. The van der Waals surface area contributed by atoms with E-state index < -0.39 is 0 Å². The summed E-state index contributed by atoms with van der Waals surface area (Å²) in [7, 11) is 0. The van der Waals surface area contributed by atoms with Crippen molar-refractivity contribution in [2.45, 2.75) is 41.2 Å². The summed E-state index contributed by atoms with van der Waals surface area (Å²) in [5.74, 6) is 0. The average molecular weight is 263 g/mol. The van der Waals surface area contributed by atoms with Crippen molar-refractivity contribution >= 4 is 11.8 Å². The van der Waals surface area contributed by atoms with E-state index in [1.807, 2.05) is 11.8 Å². The minimum absolute atomic E-state index is 0.267. The van der Waals surface area contributed by atoms with Gasteiger partial charge in [0.2, 0.25) is 0 Å². The number of hydrogen-bond acceptors (Lipinski definition) is 3. The van der Waals surface area contributed by atoms with E-state index >= 15 is 0 Å². The van der Waals surface area contributed by atoms with E-state index in [0.29, 0.717) is 5.25 Å². The lowest BCUT2D eigenvalue weighted by atomic mass is 9.79. The molecule has 1 aromatic carbocycles. The Morgan fingerprint density at radius 3 is 2.33 bits per heavy atom. The second-order valence-corrected chi connectivity index (χ2v) is 6.87. The van der Waals surface area contributed by atoms with Gasteiger partial charge in [-0.15, -0.1) is 11.8 Å². The molecule has 1 saturated heterocycles. The van der Waals surface area contributed by atoms with Crippen LogP contribution in [0.15, 0.2) is 29.2 Å². The van der Waals surface area contributed by atoms with Gasteiger partial charge in [-0.1, -0.05) is 25.0 Å². The Morgan fingerprint density at radius 1 is 1.17 bits per heavy atom. The van der Waals surface area contributed by atoms with Crippen molar-refractivity contribution < 1.29 is 4.74 Å². The van der Waals surface area contributed by atoms with E-state index in [-0.39, 0.29) is 5.41 Å². The second-order valence-electron chi connectivity index (χ2n) is 5.49. The van der Waals surface area contributed by atoms with Gasteiger partial charge in [0.25, 0.3) is 0 Å². The van der Waals surface area contributed by atoms with Crippen molar-refractivity contribution in [1.29, 1.82) is 0 Å². The first-order valence-electron chi connectivity index (χ1n) is 6.87. The number of benzene rings is 1. The molecule has 1 saturated carbocycles. The molecule has 1 aromatic rings. The van der Waals surface area contributed by atoms with Crippen LogP contribution in [0.4, 0.5) is 0 Å². The third-order valence-corrected chi connectivity index (χ3v) is 5.48. The summed E-state index contributed by atoms with van der Waals surface area (Å²) < 4.78 is 5.21. The summed E-state index contributed by atoms with van der Waals surface area (Å²) in [6, 6.07) is 9.10. The smallest absolute Gasteiger partial charge is 0.0611 e. The molecule has 0 atom stereocenters. The lowest BCUT2D eigenvalue weighted by Crippen LogP contribution is -2.32. The fourth-order valence-electron chi connectivity index (χ4n) is 3.02. The maximum atomic E-state index is 6.03. The number of rotatable bonds is 4. The van der Waals surface area contributed by atoms with Gasteiger partial charge in [0.15, 0.2) is 0 Å². The Labute approximate surface area is 113 Å². The zero-order chi connectivity index (χ0) is 12.4. The summed E-state index contributed by atoms with van der Waals surface area (Å²) >= 11 is 1.93. The summed E-state index contributed by atoms with van der Waals surface area (Å²) in [5, 5.41) is 0.658. The largest absolute Gasteiger partial charge is 0.379 e. The maximum absolute atomic E-state index is 6.03. The van der Waals surface area contributed by atoms with Crippen molar-refractivity contribution in [3.05, 3.63) is 29.8 Å². The van der Waals surface area contributed by atoms with Gasteiger partial charge < -0.3 is 10.5 Å². The van der Waals surface area contributed by atoms with Gasteiger partial charge in [-0.05, 0) is 30.5 Å². The number of ether oxygens (including phenoxy) is 1. The highest BCUT2D eigenvalue weighted by atomic mass is 32.2. The lowest BCUT2D eigenvalue weighted by Gasteiger charge is -2.28. The predicted molar refractivity (Wildman–Crippen MR) is 76.1 cm³/mol. The molecule has 3 rings (SSSR count). The van der Waals surface area contributed by atoms with Gasteiger partial charge in [0.05, 0.1) is 18.5 Å². The van der Waals surface area contributed by atoms with Gasteiger partial charge >= 0.3 is 0 Å². The van der Waals surface area contributed by atoms with Crippen molar-refractivity contribution in [2.75, 3.05) is 19.8 Å². The van der Waals surface area contributed by atoms with Crippen LogP contribution in [0.25, 0.3) is 0 Å². The molecular formula is C15H21NOS. The minimum atomic E-state index is 0.267. The average Bonchev–Trinajstić information content (AvgIpc) is 2.84. The third-order valence-electron chi connectivity index (χ3n) is 4.33. The topological polar surface area (TPSA) is 35.2 Å². The maximum Gasteiger partial charge on any atom is 0.0611 e. The highest BCUT2D eigenvalue weighted by Gasteiger charge is 2.34. The first-order chi connectivity index (χ1) is 8.82. The number of hydrogen-bond donors (Lipinski definition) is 1. The van der Waals surface area contributed by atoms with Crippen molar-refractivity contribution in [2.24, 2.45) is 5.73 Å². The predicted octanol–water partition coefficient (Wildman–Crippen LogP) is 2.95. The standard InChI is InChI=1S/C15H21NOS/c16-11-15(7-1-2-8-15)12-3-5-13(6-4-12)18-14-9-17-10-14/h3-6,14H,1-2,7-11,16H2. The molecule has 0 aromatic heterocycles. The molecule has 0 amide bonds. The Kier molecular flexibility index (Phi) is 3.64. The molecule has 2 N–H and O–H groups in total. The van der Waals surface area contributed by atoms with Gasteiger partial charge in [0.1, 0.15) is 0 Å². The molecule has 0 bridgehead atoms. The summed E-state index contributed by atoms with van der Waals surface area (Å²) in [6.45, 7) is 2.59. The Bertz CT molecular complexity index is 393. The van der Waals surface area contributed by atoms with Crippen LogP contribution in [0.2, 0.25) is 0 Å². The zero-order valence-electron chi connectivity index (χ0n) is 10.7. The monoisotopic (exact) mass is 263 g/mol. The molecule has 0 unspecified atom stereocenters. The fraction of sp³-hybridized carbons (Fsp3) is 0.600. The molecule has 3 heteroatoms. The molecule has 0 spiro atoms. The van der Waals surface area contributed by atoms with Crippen LogP contribution in [0.1, 0.15) is 31.2 Å². The zero-order valence-corrected chi connectivity index (χ0v) is 11.5. The molecule has 98 valence electrons. The van der Waals surface area contributed by atoms with Gasteiger partial charge in [-0.3, -0.25) is 0 Å². The van der Waals surface area contributed by atoms with Crippen LogP contribution in [0.3, 0.4) is 0 Å². The molecule has 1 aliphatic heterocycles. The van der Waals surface area contributed by atoms with Gasteiger partial charge in [-0.25, -0.2) is 0 Å². The summed E-state index contributed by atoms with van der Waals surface area (Å²) in [5.41, 5.74) is 7.74. The van der Waals surface area contributed by atoms with Crippen molar-refractivity contribution in [1.82, 2.24) is 0 Å². The molecule has 0 radical (unpaired) electrons. The number of thioether (sulfide) groups is 1. The Hall–Kier alpha value is -0.510. The molecule has 1 aliphatic carbocycles. The van der Waals surface area contributed by atoms with E-state index in [0.717, 1.165) is 19.8 Å². The van der Waals surface area contributed by atoms with E-state index in [1.165, 1.54) is 36.1 Å². The van der Waals surface area contributed by atoms with Crippen LogP contribution in [-0.4, -0.2) is 25.0 Å². The van der Waals surface area contributed by atoms with Gasteiger partial charge in [-0.2, -0.15) is 0 Å². The van der Waals surface area contributed by atoms with Crippen LogP contribution in [0, 0.1) is 0 Å². The molecule has 2 aliphatic rings. The normalized spacial score (nSPS) is 22.9. The SMILES string of the molecule is NCC1(c2ccc(SC3COC3)cc2)CCCC1. The molecule has 1 heterocycles. The molecule has 2 fully saturated rings. The van der Waals surface area contributed by atoms with E-state index in [9.17, 15) is 0 Å². The van der Waals surface area contributed by atoms with E-state index in [1.54, 1.807) is 0 Å². The first-order valence-corrected chi connectivity index (χ1v) is 7.75.